The van der Waals surface area contributed by atoms with E-state index in [-0.39, 0.29) is 0 Å². The van der Waals surface area contributed by atoms with Crippen molar-refractivity contribution >= 4 is 27.4 Å². The summed E-state index contributed by atoms with van der Waals surface area (Å²) < 4.78 is 25.7. The van der Waals surface area contributed by atoms with Gasteiger partial charge in [0.1, 0.15) is 0 Å². The van der Waals surface area contributed by atoms with E-state index in [1.807, 2.05) is 0 Å². The molecule has 2 rings (SSSR count). The van der Waals surface area contributed by atoms with Crippen molar-refractivity contribution in [2.24, 2.45) is 0 Å². The first-order valence-electron chi connectivity index (χ1n) is 21.1. The van der Waals surface area contributed by atoms with E-state index in [1.165, 1.54) is 150 Å². The maximum Gasteiger partial charge on any atom is 0.205 e. The van der Waals surface area contributed by atoms with Crippen LogP contribution in [-0.4, -0.2) is 26.4 Å². The maximum atomic E-state index is 6.41. The Labute approximate surface area is 312 Å². The SMILES string of the molecule is CCCCCCCCOP(OCCCCCCCC)c1ccc(-c2ccc(P(OCCCCCCCC)OCCCCCCCC)cc2)cc1. The topological polar surface area (TPSA) is 36.9 Å². The van der Waals surface area contributed by atoms with Crippen LogP contribution in [0.1, 0.15) is 182 Å². The van der Waals surface area contributed by atoms with Gasteiger partial charge in [0.05, 0.1) is 26.4 Å². The lowest BCUT2D eigenvalue weighted by atomic mass is 10.1. The van der Waals surface area contributed by atoms with Crippen LogP contribution < -0.4 is 10.6 Å². The van der Waals surface area contributed by atoms with Crippen molar-refractivity contribution in [3.05, 3.63) is 48.5 Å². The molecule has 0 fully saturated rings. The lowest BCUT2D eigenvalue weighted by molar-refractivity contribution is 0.246. The van der Waals surface area contributed by atoms with E-state index in [0.717, 1.165) is 52.1 Å². The van der Waals surface area contributed by atoms with Crippen LogP contribution in [0.25, 0.3) is 11.1 Å². The van der Waals surface area contributed by atoms with Gasteiger partial charge < -0.3 is 18.1 Å². The van der Waals surface area contributed by atoms with Crippen LogP contribution in [0.5, 0.6) is 0 Å². The van der Waals surface area contributed by atoms with Crippen molar-refractivity contribution in [2.75, 3.05) is 26.4 Å². The molecule has 286 valence electrons. The van der Waals surface area contributed by atoms with Crippen molar-refractivity contribution in [1.29, 1.82) is 0 Å². The summed E-state index contributed by atoms with van der Waals surface area (Å²) in [5.41, 5.74) is 2.43. The van der Waals surface area contributed by atoms with E-state index in [2.05, 4.69) is 76.2 Å². The fraction of sp³-hybridized carbons (Fsp3) is 0.727. The molecule has 2 aromatic carbocycles. The predicted octanol–water partition coefficient (Wildman–Crippen LogP) is 14.7. The molecular formula is C44H76O4P2. The van der Waals surface area contributed by atoms with Crippen LogP contribution in [0.2, 0.25) is 0 Å². The molecule has 0 aliphatic carbocycles. The van der Waals surface area contributed by atoms with Gasteiger partial charge in [0.25, 0.3) is 0 Å². The van der Waals surface area contributed by atoms with Gasteiger partial charge in [-0.25, -0.2) is 0 Å². The first-order chi connectivity index (χ1) is 24.7. The minimum Gasteiger partial charge on any atom is -0.331 e. The van der Waals surface area contributed by atoms with Crippen molar-refractivity contribution in [2.45, 2.75) is 182 Å². The Kier molecular flexibility index (Phi) is 29.7. The maximum absolute atomic E-state index is 6.41. The van der Waals surface area contributed by atoms with E-state index in [9.17, 15) is 0 Å². The summed E-state index contributed by atoms with van der Waals surface area (Å²) in [6.45, 7) is 12.2. The molecule has 0 unspecified atom stereocenters. The van der Waals surface area contributed by atoms with Gasteiger partial charge in [-0.1, -0.05) is 180 Å². The Hall–Kier alpha value is -0.860. The number of hydrogen-bond donors (Lipinski definition) is 0. The standard InChI is InChI=1S/C44H76O4P2/c1-5-9-13-17-21-25-37-45-49(46-38-26-22-18-14-10-6-2)43-33-29-41(30-34-43)42-31-35-44(36-32-42)50(47-39-27-23-19-15-11-7-3)48-40-28-24-20-16-12-8-4/h29-36H,5-28,37-40H2,1-4H3. The summed E-state index contributed by atoms with van der Waals surface area (Å²) in [5.74, 6) is 0. The fourth-order valence-corrected chi connectivity index (χ4v) is 8.75. The number of unbranched alkanes of at least 4 members (excludes halogenated alkanes) is 20. The molecule has 0 spiro atoms. The van der Waals surface area contributed by atoms with Crippen LogP contribution in [-0.2, 0) is 18.1 Å². The molecule has 2 aromatic rings. The highest BCUT2D eigenvalue weighted by Crippen LogP contribution is 2.40. The van der Waals surface area contributed by atoms with Crippen molar-refractivity contribution < 1.29 is 18.1 Å². The highest BCUT2D eigenvalue weighted by Gasteiger charge is 2.16. The second kappa shape index (κ2) is 32.8. The quantitative estimate of drug-likeness (QED) is 0.0523. The molecule has 0 aliphatic heterocycles. The zero-order valence-corrected chi connectivity index (χ0v) is 34.7. The van der Waals surface area contributed by atoms with Gasteiger partial charge in [-0.2, -0.15) is 0 Å². The van der Waals surface area contributed by atoms with Crippen LogP contribution >= 0.6 is 16.8 Å². The van der Waals surface area contributed by atoms with Crippen LogP contribution in [0, 0.1) is 0 Å². The van der Waals surface area contributed by atoms with Crippen molar-refractivity contribution in [3.8, 4) is 11.1 Å². The summed E-state index contributed by atoms with van der Waals surface area (Å²) >= 11 is 0. The average Bonchev–Trinajstić information content (AvgIpc) is 3.15. The molecule has 0 amide bonds. The number of rotatable bonds is 35. The number of hydrogen-bond acceptors (Lipinski definition) is 4. The summed E-state index contributed by atoms with van der Waals surface area (Å²) in [6, 6.07) is 17.8. The molecule has 6 heteroatoms. The molecule has 0 radical (unpaired) electrons. The summed E-state index contributed by atoms with van der Waals surface area (Å²) in [6.07, 6.45) is 30.5. The first kappa shape index (κ1) is 45.3. The van der Waals surface area contributed by atoms with Crippen LogP contribution in [0.15, 0.2) is 48.5 Å². The third-order valence-corrected chi connectivity index (χ3v) is 12.4. The van der Waals surface area contributed by atoms with Gasteiger partial charge in [-0.15, -0.1) is 0 Å². The van der Waals surface area contributed by atoms with Gasteiger partial charge in [0.2, 0.25) is 16.8 Å². The first-order valence-corrected chi connectivity index (χ1v) is 23.4. The fourth-order valence-electron chi connectivity index (χ4n) is 6.04. The third-order valence-electron chi connectivity index (χ3n) is 9.32. The van der Waals surface area contributed by atoms with E-state index < -0.39 is 16.8 Å². The minimum atomic E-state index is -1.06. The van der Waals surface area contributed by atoms with E-state index >= 15 is 0 Å². The second-order valence-electron chi connectivity index (χ2n) is 14.0. The Bertz CT molecular complexity index is 883. The number of benzene rings is 2. The zero-order chi connectivity index (χ0) is 35.7. The van der Waals surface area contributed by atoms with Gasteiger partial charge in [-0.3, -0.25) is 0 Å². The molecule has 0 bridgehead atoms. The molecule has 0 atom stereocenters. The summed E-state index contributed by atoms with van der Waals surface area (Å²) in [4.78, 5) is 0. The molecule has 0 aromatic heterocycles. The van der Waals surface area contributed by atoms with Gasteiger partial charge in [0.15, 0.2) is 0 Å². The molecule has 0 heterocycles. The predicted molar refractivity (Wildman–Crippen MR) is 222 cm³/mol. The Morgan fingerprint density at radius 1 is 0.300 bits per heavy atom. The molecular weight excluding hydrogens is 654 g/mol. The summed E-state index contributed by atoms with van der Waals surface area (Å²) in [7, 11) is -2.12. The molecule has 50 heavy (non-hydrogen) atoms. The Morgan fingerprint density at radius 3 is 0.760 bits per heavy atom. The molecule has 0 N–H and O–H groups in total. The van der Waals surface area contributed by atoms with E-state index in [0.29, 0.717) is 0 Å². The van der Waals surface area contributed by atoms with Gasteiger partial charge >= 0.3 is 0 Å². The monoisotopic (exact) mass is 731 g/mol. The Balaban J connectivity index is 1.98. The van der Waals surface area contributed by atoms with Crippen molar-refractivity contribution in [3.63, 3.8) is 0 Å². The van der Waals surface area contributed by atoms with E-state index in [1.54, 1.807) is 0 Å². The lowest BCUT2D eigenvalue weighted by Crippen LogP contribution is -2.08. The minimum absolute atomic E-state index is 0.780. The van der Waals surface area contributed by atoms with Crippen LogP contribution in [0.4, 0.5) is 0 Å². The smallest absolute Gasteiger partial charge is 0.205 e. The molecule has 0 saturated heterocycles. The molecule has 4 nitrogen and oxygen atoms in total. The second-order valence-corrected chi connectivity index (χ2v) is 17.1. The normalized spacial score (nSPS) is 11.7. The van der Waals surface area contributed by atoms with Crippen molar-refractivity contribution in [1.82, 2.24) is 0 Å². The summed E-state index contributed by atoms with van der Waals surface area (Å²) in [5, 5.41) is 2.35. The highest BCUT2D eigenvalue weighted by molar-refractivity contribution is 7.56. The Morgan fingerprint density at radius 2 is 0.520 bits per heavy atom. The third kappa shape index (κ3) is 22.3. The average molecular weight is 731 g/mol. The molecule has 0 aliphatic rings. The van der Waals surface area contributed by atoms with Gasteiger partial charge in [0, 0.05) is 10.6 Å². The largest absolute Gasteiger partial charge is 0.331 e. The van der Waals surface area contributed by atoms with Crippen LogP contribution in [0.3, 0.4) is 0 Å². The highest BCUT2D eigenvalue weighted by atomic mass is 31.2. The zero-order valence-electron chi connectivity index (χ0n) is 32.9. The molecule has 0 saturated carbocycles. The van der Waals surface area contributed by atoms with Gasteiger partial charge in [-0.05, 0) is 61.1 Å². The van der Waals surface area contributed by atoms with E-state index in [4.69, 9.17) is 18.1 Å². The lowest BCUT2D eigenvalue weighted by Gasteiger charge is -2.19.